The van der Waals surface area contributed by atoms with Crippen molar-refractivity contribution in [1.29, 1.82) is 0 Å². The van der Waals surface area contributed by atoms with Gasteiger partial charge in [0.15, 0.2) is 11.5 Å². The summed E-state index contributed by atoms with van der Waals surface area (Å²) in [6.45, 7) is 6.01. The van der Waals surface area contributed by atoms with Gasteiger partial charge in [-0.15, -0.1) is 0 Å². The minimum Gasteiger partial charge on any atom is -0.454 e. The molecule has 0 aliphatic carbocycles. The zero-order valence-electron chi connectivity index (χ0n) is 15.9. The maximum absolute atomic E-state index is 12.0. The van der Waals surface area contributed by atoms with Crippen LogP contribution in [-0.4, -0.2) is 18.4 Å². The minimum atomic E-state index is -0.446. The summed E-state index contributed by atoms with van der Waals surface area (Å²) in [5.41, 5.74) is 2.28. The van der Waals surface area contributed by atoms with Crippen LogP contribution in [0.2, 0.25) is 0 Å². The van der Waals surface area contributed by atoms with Crippen molar-refractivity contribution in [1.82, 2.24) is 0 Å². The van der Waals surface area contributed by atoms with Crippen LogP contribution in [0, 0.1) is 5.92 Å². The number of carbonyl (C=O) groups is 2. The number of fused-ring (bicyclic) bond motifs is 1. The Morgan fingerprint density at radius 2 is 1.73 bits per heavy atom. The molecule has 26 heavy (non-hydrogen) atoms. The Kier molecular flexibility index (Phi) is 7.64. The zero-order valence-corrected chi connectivity index (χ0v) is 15.9. The number of hydrogen-bond donors (Lipinski definition) is 0. The van der Waals surface area contributed by atoms with Gasteiger partial charge in [0, 0.05) is 12.8 Å². The first-order valence-corrected chi connectivity index (χ1v) is 9.40. The SMILES string of the molecule is CCC(=O)C(CC/C(=C/C=C/c1ccc2c(c1)OCO2)CC)C(=O)CC. The largest absolute Gasteiger partial charge is 0.454 e. The molecular weight excluding hydrogens is 328 g/mol. The van der Waals surface area contributed by atoms with Gasteiger partial charge in [-0.1, -0.05) is 50.6 Å². The number of benzene rings is 1. The summed E-state index contributed by atoms with van der Waals surface area (Å²) in [5, 5.41) is 0. The Balaban J connectivity index is 1.98. The molecule has 4 heteroatoms. The smallest absolute Gasteiger partial charge is 0.231 e. The molecule has 1 aliphatic rings. The van der Waals surface area contributed by atoms with E-state index in [0.29, 0.717) is 19.3 Å². The number of rotatable bonds is 10. The maximum Gasteiger partial charge on any atom is 0.231 e. The van der Waals surface area contributed by atoms with Crippen LogP contribution in [0.3, 0.4) is 0 Å². The third-order valence-electron chi connectivity index (χ3n) is 4.70. The van der Waals surface area contributed by atoms with Crippen LogP contribution in [0.25, 0.3) is 6.08 Å². The van der Waals surface area contributed by atoms with Crippen LogP contribution >= 0.6 is 0 Å². The highest BCUT2D eigenvalue weighted by molar-refractivity contribution is 6.02. The second-order valence-corrected chi connectivity index (χ2v) is 6.38. The van der Waals surface area contributed by atoms with Crippen LogP contribution in [0.4, 0.5) is 0 Å². The lowest BCUT2D eigenvalue weighted by Gasteiger charge is -2.13. The van der Waals surface area contributed by atoms with E-state index in [0.717, 1.165) is 29.9 Å². The zero-order chi connectivity index (χ0) is 18.9. The molecule has 0 fully saturated rings. The fourth-order valence-corrected chi connectivity index (χ4v) is 3.01. The number of Topliss-reactive ketones (excluding diaryl/α,β-unsaturated/α-hetero) is 2. The van der Waals surface area contributed by atoms with Crippen LogP contribution in [0.15, 0.2) is 35.9 Å². The van der Waals surface area contributed by atoms with Crippen molar-refractivity contribution in [2.75, 3.05) is 6.79 Å². The first-order chi connectivity index (χ1) is 12.6. The second kappa shape index (κ2) is 9.95. The molecule has 0 amide bonds. The highest BCUT2D eigenvalue weighted by atomic mass is 16.7. The number of ketones is 2. The Morgan fingerprint density at radius 1 is 1.04 bits per heavy atom. The molecule has 1 heterocycles. The standard InChI is InChI=1S/C22H28O4/c1-4-16(10-12-18(19(23)5-2)20(24)6-3)8-7-9-17-11-13-21-22(14-17)26-15-25-21/h7-9,11,13-14,18H,4-6,10,12,15H2,1-3H3/b9-7+,16-8+. The molecule has 140 valence electrons. The van der Waals surface area contributed by atoms with Crippen molar-refractivity contribution < 1.29 is 19.1 Å². The van der Waals surface area contributed by atoms with Gasteiger partial charge in [0.1, 0.15) is 11.6 Å². The third kappa shape index (κ3) is 5.32. The Bertz CT molecular complexity index is 684. The molecule has 0 saturated carbocycles. The van der Waals surface area contributed by atoms with Gasteiger partial charge in [0.05, 0.1) is 5.92 Å². The number of ether oxygens (including phenoxy) is 2. The van der Waals surface area contributed by atoms with Crippen molar-refractivity contribution >= 4 is 17.6 Å². The Morgan fingerprint density at radius 3 is 2.38 bits per heavy atom. The van der Waals surface area contributed by atoms with E-state index in [9.17, 15) is 9.59 Å². The van der Waals surface area contributed by atoms with Gasteiger partial charge in [0.25, 0.3) is 0 Å². The molecule has 0 saturated heterocycles. The normalized spacial score (nSPS) is 13.6. The second-order valence-electron chi connectivity index (χ2n) is 6.38. The molecule has 2 rings (SSSR count). The molecule has 0 N–H and O–H groups in total. The molecule has 0 unspecified atom stereocenters. The van der Waals surface area contributed by atoms with E-state index in [2.05, 4.69) is 13.0 Å². The quantitative estimate of drug-likeness (QED) is 0.431. The van der Waals surface area contributed by atoms with Gasteiger partial charge >= 0.3 is 0 Å². The molecule has 4 nitrogen and oxygen atoms in total. The molecule has 1 aromatic rings. The van der Waals surface area contributed by atoms with Gasteiger partial charge in [-0.3, -0.25) is 9.59 Å². The molecule has 0 bridgehead atoms. The average Bonchev–Trinajstić information content (AvgIpc) is 3.13. The Labute approximate surface area is 155 Å². The summed E-state index contributed by atoms with van der Waals surface area (Å²) in [6, 6.07) is 5.84. The lowest BCUT2D eigenvalue weighted by atomic mass is 9.89. The van der Waals surface area contributed by atoms with E-state index in [1.54, 1.807) is 0 Å². The monoisotopic (exact) mass is 356 g/mol. The molecule has 1 aliphatic heterocycles. The Hall–Kier alpha value is -2.36. The van der Waals surface area contributed by atoms with Crippen LogP contribution in [-0.2, 0) is 9.59 Å². The number of hydrogen-bond acceptors (Lipinski definition) is 4. The third-order valence-corrected chi connectivity index (χ3v) is 4.70. The van der Waals surface area contributed by atoms with Gasteiger partial charge in [-0.25, -0.2) is 0 Å². The van der Waals surface area contributed by atoms with Crippen LogP contribution in [0.5, 0.6) is 11.5 Å². The summed E-state index contributed by atoms with van der Waals surface area (Å²) in [6.07, 6.45) is 9.23. The summed E-state index contributed by atoms with van der Waals surface area (Å²) in [7, 11) is 0. The number of allylic oxidation sites excluding steroid dienone is 3. The summed E-state index contributed by atoms with van der Waals surface area (Å²) in [4.78, 5) is 24.1. The first-order valence-electron chi connectivity index (χ1n) is 9.40. The molecule has 0 radical (unpaired) electrons. The van der Waals surface area contributed by atoms with Crippen LogP contribution in [0.1, 0.15) is 58.4 Å². The van der Waals surface area contributed by atoms with Crippen molar-refractivity contribution in [3.63, 3.8) is 0 Å². The van der Waals surface area contributed by atoms with Gasteiger partial charge < -0.3 is 9.47 Å². The highest BCUT2D eigenvalue weighted by Crippen LogP contribution is 2.32. The fraction of sp³-hybridized carbons (Fsp3) is 0.455. The summed E-state index contributed by atoms with van der Waals surface area (Å²) in [5.74, 6) is 1.22. The van der Waals surface area contributed by atoms with E-state index in [-0.39, 0.29) is 18.4 Å². The molecule has 0 spiro atoms. The van der Waals surface area contributed by atoms with Gasteiger partial charge in [-0.05, 0) is 37.0 Å². The first kappa shape index (κ1) is 20.0. The van der Waals surface area contributed by atoms with Crippen LogP contribution < -0.4 is 9.47 Å². The van der Waals surface area contributed by atoms with Crippen molar-refractivity contribution in [3.05, 3.63) is 41.5 Å². The molecule has 0 aromatic heterocycles. The highest BCUT2D eigenvalue weighted by Gasteiger charge is 2.23. The topological polar surface area (TPSA) is 52.6 Å². The predicted molar refractivity (Wildman–Crippen MR) is 103 cm³/mol. The summed E-state index contributed by atoms with van der Waals surface area (Å²) >= 11 is 0. The molecule has 0 atom stereocenters. The average molecular weight is 356 g/mol. The fourth-order valence-electron chi connectivity index (χ4n) is 3.01. The minimum absolute atomic E-state index is 0.0585. The van der Waals surface area contributed by atoms with Gasteiger partial charge in [0.2, 0.25) is 6.79 Å². The van der Waals surface area contributed by atoms with Crippen molar-refractivity contribution in [3.8, 4) is 11.5 Å². The van der Waals surface area contributed by atoms with Crippen molar-refractivity contribution in [2.45, 2.75) is 52.9 Å². The summed E-state index contributed by atoms with van der Waals surface area (Å²) < 4.78 is 10.7. The van der Waals surface area contributed by atoms with E-state index in [1.165, 1.54) is 5.57 Å². The predicted octanol–water partition coefficient (Wildman–Crippen LogP) is 5.12. The van der Waals surface area contributed by atoms with Crippen molar-refractivity contribution in [2.24, 2.45) is 5.92 Å². The lowest BCUT2D eigenvalue weighted by Crippen LogP contribution is -2.23. The van der Waals surface area contributed by atoms with E-state index >= 15 is 0 Å². The van der Waals surface area contributed by atoms with Gasteiger partial charge in [-0.2, -0.15) is 0 Å². The molecule has 1 aromatic carbocycles. The van der Waals surface area contributed by atoms with E-state index < -0.39 is 5.92 Å². The number of carbonyl (C=O) groups excluding carboxylic acids is 2. The van der Waals surface area contributed by atoms with E-state index in [4.69, 9.17) is 9.47 Å². The van der Waals surface area contributed by atoms with E-state index in [1.807, 2.05) is 44.2 Å². The lowest BCUT2D eigenvalue weighted by molar-refractivity contribution is -0.132. The molecular formula is C22H28O4. The maximum atomic E-state index is 12.0.